The molecule has 1 aliphatic heterocycles. The predicted octanol–water partition coefficient (Wildman–Crippen LogP) is 1.81. The molecule has 0 spiro atoms. The van der Waals surface area contributed by atoms with Crippen LogP contribution in [0, 0.1) is 0 Å². The van der Waals surface area contributed by atoms with Crippen molar-refractivity contribution in [3.63, 3.8) is 0 Å². The summed E-state index contributed by atoms with van der Waals surface area (Å²) in [6.45, 7) is 11.7. The Kier molecular flexibility index (Phi) is 4.77. The molecule has 0 aromatic carbocycles. The van der Waals surface area contributed by atoms with Gasteiger partial charge in [0.2, 0.25) is 0 Å². The molecule has 1 aliphatic rings. The Morgan fingerprint density at radius 1 is 1.50 bits per heavy atom. The summed E-state index contributed by atoms with van der Waals surface area (Å²) in [5.74, 6) is -0.0758. The van der Waals surface area contributed by atoms with Crippen LogP contribution in [0.4, 0.5) is 0 Å². The molecule has 1 fully saturated rings. The summed E-state index contributed by atoms with van der Waals surface area (Å²) in [6, 6.07) is 0. The molecule has 2 nitrogen and oxygen atoms in total. The summed E-state index contributed by atoms with van der Waals surface area (Å²) in [7, 11) is 0. The zero-order valence-corrected chi connectivity index (χ0v) is 7.68. The van der Waals surface area contributed by atoms with Crippen molar-refractivity contribution in [3.8, 4) is 0 Å². The van der Waals surface area contributed by atoms with Crippen molar-refractivity contribution in [2.45, 2.75) is 13.8 Å². The average molecular weight is 165 g/mol. The summed E-state index contributed by atoms with van der Waals surface area (Å²) >= 11 is 0. The minimum Gasteiger partial charge on any atom is -0.348 e. The SMILES string of the molecule is C=C/C=C1/CNC(=O)C1=C.CC. The van der Waals surface area contributed by atoms with E-state index in [1.165, 1.54) is 0 Å². The zero-order chi connectivity index (χ0) is 9.56. The van der Waals surface area contributed by atoms with E-state index < -0.39 is 0 Å². The van der Waals surface area contributed by atoms with Gasteiger partial charge in [-0.25, -0.2) is 0 Å². The average Bonchev–Trinajstić information content (AvgIpc) is 2.41. The second kappa shape index (κ2) is 5.35. The van der Waals surface area contributed by atoms with Gasteiger partial charge in [-0.2, -0.15) is 0 Å². The van der Waals surface area contributed by atoms with Crippen molar-refractivity contribution in [2.24, 2.45) is 0 Å². The third kappa shape index (κ3) is 2.38. The molecule has 0 radical (unpaired) electrons. The van der Waals surface area contributed by atoms with Gasteiger partial charge in [0.05, 0.1) is 0 Å². The Bertz CT molecular complexity index is 226. The van der Waals surface area contributed by atoms with Crippen LogP contribution in [0.3, 0.4) is 0 Å². The first kappa shape index (κ1) is 10.7. The van der Waals surface area contributed by atoms with Crippen molar-refractivity contribution in [3.05, 3.63) is 36.5 Å². The molecule has 0 atom stereocenters. The van der Waals surface area contributed by atoms with Crippen molar-refractivity contribution in [1.82, 2.24) is 5.32 Å². The lowest BCUT2D eigenvalue weighted by Crippen LogP contribution is -2.13. The van der Waals surface area contributed by atoms with Crippen LogP contribution in [-0.2, 0) is 4.79 Å². The molecule has 1 saturated heterocycles. The summed E-state index contributed by atoms with van der Waals surface area (Å²) in [5.41, 5.74) is 1.49. The van der Waals surface area contributed by atoms with Crippen molar-refractivity contribution >= 4 is 5.91 Å². The summed E-state index contributed by atoms with van der Waals surface area (Å²) in [6.07, 6.45) is 3.45. The molecule has 2 heteroatoms. The van der Waals surface area contributed by atoms with Gasteiger partial charge in [-0.15, -0.1) is 0 Å². The van der Waals surface area contributed by atoms with Crippen LogP contribution in [0.2, 0.25) is 0 Å². The van der Waals surface area contributed by atoms with Crippen molar-refractivity contribution < 1.29 is 4.79 Å². The van der Waals surface area contributed by atoms with E-state index >= 15 is 0 Å². The largest absolute Gasteiger partial charge is 0.348 e. The molecule has 66 valence electrons. The fourth-order valence-electron chi connectivity index (χ4n) is 0.836. The topological polar surface area (TPSA) is 29.1 Å². The van der Waals surface area contributed by atoms with E-state index in [9.17, 15) is 4.79 Å². The quantitative estimate of drug-likeness (QED) is 0.590. The second-order valence-corrected chi connectivity index (χ2v) is 2.09. The maximum atomic E-state index is 10.8. The lowest BCUT2D eigenvalue weighted by atomic mass is 10.1. The van der Waals surface area contributed by atoms with Crippen LogP contribution < -0.4 is 5.32 Å². The van der Waals surface area contributed by atoms with Gasteiger partial charge in [0.25, 0.3) is 5.91 Å². The van der Waals surface area contributed by atoms with Gasteiger partial charge in [0.15, 0.2) is 0 Å². The minimum atomic E-state index is -0.0758. The van der Waals surface area contributed by atoms with E-state index in [2.05, 4.69) is 18.5 Å². The lowest BCUT2D eigenvalue weighted by Gasteiger charge is -1.88. The lowest BCUT2D eigenvalue weighted by molar-refractivity contribution is -0.116. The van der Waals surface area contributed by atoms with Crippen LogP contribution >= 0.6 is 0 Å². The highest BCUT2D eigenvalue weighted by Crippen LogP contribution is 2.12. The van der Waals surface area contributed by atoms with Gasteiger partial charge in [0.1, 0.15) is 0 Å². The van der Waals surface area contributed by atoms with Gasteiger partial charge in [-0.05, 0) is 5.57 Å². The third-order valence-electron chi connectivity index (χ3n) is 1.42. The second-order valence-electron chi connectivity index (χ2n) is 2.09. The first-order chi connectivity index (χ1) is 5.75. The molecule has 1 N–H and O–H groups in total. The summed E-state index contributed by atoms with van der Waals surface area (Å²) in [4.78, 5) is 10.8. The molecule has 0 aromatic heterocycles. The van der Waals surface area contributed by atoms with Gasteiger partial charge in [-0.1, -0.05) is 39.2 Å². The Morgan fingerprint density at radius 2 is 2.08 bits per heavy atom. The number of carbonyl (C=O) groups is 1. The molecule has 12 heavy (non-hydrogen) atoms. The highest BCUT2D eigenvalue weighted by Gasteiger charge is 2.18. The number of rotatable bonds is 1. The van der Waals surface area contributed by atoms with E-state index in [0.717, 1.165) is 5.57 Å². The number of carbonyl (C=O) groups excluding carboxylic acids is 1. The van der Waals surface area contributed by atoms with E-state index in [1.807, 2.05) is 13.8 Å². The highest BCUT2D eigenvalue weighted by molar-refractivity contribution is 6.00. The van der Waals surface area contributed by atoms with Crippen LogP contribution in [0.5, 0.6) is 0 Å². The number of hydrogen-bond acceptors (Lipinski definition) is 1. The summed E-state index contributed by atoms with van der Waals surface area (Å²) in [5, 5.41) is 2.65. The fourth-order valence-corrected chi connectivity index (χ4v) is 0.836. The van der Waals surface area contributed by atoms with Gasteiger partial charge in [-0.3, -0.25) is 4.79 Å². The highest BCUT2D eigenvalue weighted by atomic mass is 16.1. The molecule has 1 amide bonds. The Balaban J connectivity index is 0.000000561. The Morgan fingerprint density at radius 3 is 2.42 bits per heavy atom. The molecular weight excluding hydrogens is 150 g/mol. The summed E-state index contributed by atoms with van der Waals surface area (Å²) < 4.78 is 0. The van der Waals surface area contributed by atoms with Crippen LogP contribution in [0.1, 0.15) is 13.8 Å². The standard InChI is InChI=1S/C8H9NO.C2H6/c1-3-4-7-5-9-8(10)6(7)2;1-2/h3-4H,1-2,5H2,(H,9,10);1-2H3/b7-4-;. The van der Waals surface area contributed by atoms with E-state index in [4.69, 9.17) is 0 Å². The van der Waals surface area contributed by atoms with Crippen LogP contribution in [-0.4, -0.2) is 12.5 Å². The van der Waals surface area contributed by atoms with Gasteiger partial charge < -0.3 is 5.32 Å². The number of hydrogen-bond donors (Lipinski definition) is 1. The zero-order valence-electron chi connectivity index (χ0n) is 7.68. The molecule has 0 aromatic rings. The van der Waals surface area contributed by atoms with Crippen molar-refractivity contribution in [2.75, 3.05) is 6.54 Å². The van der Waals surface area contributed by atoms with Crippen molar-refractivity contribution in [1.29, 1.82) is 0 Å². The molecule has 0 aliphatic carbocycles. The molecular formula is C10H15NO. The maximum Gasteiger partial charge on any atom is 0.251 e. The van der Waals surface area contributed by atoms with Crippen LogP contribution in [0.25, 0.3) is 0 Å². The van der Waals surface area contributed by atoms with Gasteiger partial charge in [0, 0.05) is 12.1 Å². The normalized spacial score (nSPS) is 18.3. The first-order valence-corrected chi connectivity index (χ1v) is 4.05. The molecule has 1 heterocycles. The predicted molar refractivity (Wildman–Crippen MR) is 51.8 cm³/mol. The first-order valence-electron chi connectivity index (χ1n) is 4.05. The number of nitrogens with one attached hydrogen (secondary N) is 1. The molecule has 0 saturated carbocycles. The fraction of sp³-hybridized carbons (Fsp3) is 0.300. The van der Waals surface area contributed by atoms with E-state index in [1.54, 1.807) is 12.2 Å². The molecule has 0 bridgehead atoms. The number of amides is 1. The Labute approximate surface area is 73.7 Å². The van der Waals surface area contributed by atoms with Gasteiger partial charge >= 0.3 is 0 Å². The number of allylic oxidation sites excluding steroid dienone is 2. The monoisotopic (exact) mass is 165 g/mol. The molecule has 0 unspecified atom stereocenters. The Hall–Kier alpha value is -1.31. The van der Waals surface area contributed by atoms with Crippen LogP contribution in [0.15, 0.2) is 36.5 Å². The molecule has 1 rings (SSSR count). The van der Waals surface area contributed by atoms with E-state index in [0.29, 0.717) is 12.1 Å². The van der Waals surface area contributed by atoms with E-state index in [-0.39, 0.29) is 5.91 Å². The maximum absolute atomic E-state index is 10.8. The minimum absolute atomic E-state index is 0.0758. The third-order valence-corrected chi connectivity index (χ3v) is 1.42. The smallest absolute Gasteiger partial charge is 0.251 e.